The van der Waals surface area contributed by atoms with E-state index in [1.165, 1.54) is 0 Å². The summed E-state index contributed by atoms with van der Waals surface area (Å²) < 4.78 is 1.80. The molecule has 0 radical (unpaired) electrons. The van der Waals surface area contributed by atoms with Crippen molar-refractivity contribution in [3.63, 3.8) is 0 Å². The van der Waals surface area contributed by atoms with Crippen molar-refractivity contribution in [2.24, 2.45) is 12.8 Å². The van der Waals surface area contributed by atoms with Gasteiger partial charge in [0.05, 0.1) is 5.69 Å². The number of carbonyl (C=O) groups excluding carboxylic acids is 1. The number of rotatable bonds is 4. The van der Waals surface area contributed by atoms with Gasteiger partial charge in [-0.25, -0.2) is 0 Å². The molecule has 2 aromatic rings. The van der Waals surface area contributed by atoms with Gasteiger partial charge in [0, 0.05) is 25.1 Å². The Bertz CT molecular complexity index is 576. The Balaban J connectivity index is 2.27. The number of hydrogen-bond donors (Lipinski definition) is 2. The third kappa shape index (κ3) is 3.17. The maximum atomic E-state index is 11.8. The molecule has 1 amide bonds. The van der Waals surface area contributed by atoms with E-state index in [4.69, 9.17) is 5.73 Å². The molecular formula is C13H17N5O. The zero-order valence-electron chi connectivity index (χ0n) is 11.0. The number of carbonyl (C=O) groups is 1. The van der Waals surface area contributed by atoms with Crippen LogP contribution in [0.3, 0.4) is 0 Å². The molecule has 1 aromatic heterocycles. The maximum Gasteiger partial charge on any atom is 0.225 e. The monoisotopic (exact) mass is 259 g/mol. The molecule has 19 heavy (non-hydrogen) atoms. The molecule has 6 heteroatoms. The van der Waals surface area contributed by atoms with Crippen LogP contribution in [0.1, 0.15) is 13.3 Å². The summed E-state index contributed by atoms with van der Waals surface area (Å²) in [5.41, 5.74) is 7.16. The average molecular weight is 259 g/mol. The molecule has 0 spiro atoms. The molecule has 0 aliphatic heterocycles. The number of anilines is 1. The number of amides is 1. The summed E-state index contributed by atoms with van der Waals surface area (Å²) in [6.07, 6.45) is 1.91. The third-order valence-electron chi connectivity index (χ3n) is 2.66. The Kier molecular flexibility index (Phi) is 3.91. The van der Waals surface area contributed by atoms with E-state index < -0.39 is 0 Å². The Morgan fingerprint density at radius 1 is 1.47 bits per heavy atom. The predicted octanol–water partition coefficient (Wildman–Crippen LogP) is 1.16. The first-order chi connectivity index (χ1) is 9.08. The van der Waals surface area contributed by atoms with E-state index in [1.54, 1.807) is 17.8 Å². The lowest BCUT2D eigenvalue weighted by molar-refractivity contribution is -0.116. The molecule has 6 nitrogen and oxygen atoms in total. The van der Waals surface area contributed by atoms with Crippen LogP contribution >= 0.6 is 0 Å². The zero-order valence-corrected chi connectivity index (χ0v) is 11.0. The highest BCUT2D eigenvalue weighted by molar-refractivity contribution is 5.95. The number of nitrogens with one attached hydrogen (secondary N) is 1. The molecule has 0 fully saturated rings. The standard InChI is InChI=1S/C13H17N5O/c1-9(14)7-12(19)16-11-6-4-3-5-10(11)13-17-15-8-18(13)2/h3-6,8-9H,7,14H2,1-2H3,(H,16,19). The topological polar surface area (TPSA) is 85.8 Å². The van der Waals surface area contributed by atoms with Crippen molar-refractivity contribution >= 4 is 11.6 Å². The van der Waals surface area contributed by atoms with Crippen LogP contribution in [0.15, 0.2) is 30.6 Å². The van der Waals surface area contributed by atoms with Gasteiger partial charge in [-0.15, -0.1) is 10.2 Å². The SMILES string of the molecule is CC(N)CC(=O)Nc1ccccc1-c1nncn1C. The number of para-hydroxylation sites is 1. The zero-order chi connectivity index (χ0) is 13.8. The van der Waals surface area contributed by atoms with Crippen LogP contribution in [0, 0.1) is 0 Å². The van der Waals surface area contributed by atoms with E-state index in [1.807, 2.05) is 31.3 Å². The molecule has 1 unspecified atom stereocenters. The van der Waals surface area contributed by atoms with Gasteiger partial charge in [0.2, 0.25) is 5.91 Å². The van der Waals surface area contributed by atoms with Gasteiger partial charge in [-0.3, -0.25) is 4.79 Å². The smallest absolute Gasteiger partial charge is 0.225 e. The highest BCUT2D eigenvalue weighted by atomic mass is 16.1. The highest BCUT2D eigenvalue weighted by Gasteiger charge is 2.12. The first-order valence-corrected chi connectivity index (χ1v) is 6.06. The van der Waals surface area contributed by atoms with Crippen molar-refractivity contribution in [3.05, 3.63) is 30.6 Å². The fourth-order valence-corrected chi connectivity index (χ4v) is 1.81. The van der Waals surface area contributed by atoms with Crippen LogP contribution in [0.5, 0.6) is 0 Å². The summed E-state index contributed by atoms with van der Waals surface area (Å²) >= 11 is 0. The number of nitrogens with zero attached hydrogens (tertiary/aromatic N) is 3. The van der Waals surface area contributed by atoms with E-state index in [9.17, 15) is 4.79 Å². The number of nitrogens with two attached hydrogens (primary N) is 1. The summed E-state index contributed by atoms with van der Waals surface area (Å²) in [5, 5.41) is 10.8. The van der Waals surface area contributed by atoms with Crippen LogP contribution in [-0.2, 0) is 11.8 Å². The lowest BCUT2D eigenvalue weighted by atomic mass is 10.1. The number of hydrogen-bond acceptors (Lipinski definition) is 4. The molecule has 2 rings (SSSR count). The molecule has 1 aromatic carbocycles. The van der Waals surface area contributed by atoms with E-state index in [0.717, 1.165) is 5.56 Å². The van der Waals surface area contributed by atoms with Crippen LogP contribution < -0.4 is 11.1 Å². The second-order valence-corrected chi connectivity index (χ2v) is 4.54. The lowest BCUT2D eigenvalue weighted by Gasteiger charge is -2.11. The Hall–Kier alpha value is -2.21. The summed E-state index contributed by atoms with van der Waals surface area (Å²) in [7, 11) is 1.86. The highest BCUT2D eigenvalue weighted by Crippen LogP contribution is 2.25. The largest absolute Gasteiger partial charge is 0.327 e. The minimum Gasteiger partial charge on any atom is -0.327 e. The van der Waals surface area contributed by atoms with Gasteiger partial charge in [-0.2, -0.15) is 0 Å². The Morgan fingerprint density at radius 3 is 2.84 bits per heavy atom. The first kappa shape index (κ1) is 13.2. The molecular weight excluding hydrogens is 242 g/mol. The van der Waals surface area contributed by atoms with Crippen molar-refractivity contribution in [1.82, 2.24) is 14.8 Å². The van der Waals surface area contributed by atoms with Crippen LogP contribution in [0.4, 0.5) is 5.69 Å². The predicted molar refractivity (Wildman–Crippen MR) is 73.3 cm³/mol. The second-order valence-electron chi connectivity index (χ2n) is 4.54. The number of benzene rings is 1. The minimum absolute atomic E-state index is 0.107. The molecule has 3 N–H and O–H groups in total. The maximum absolute atomic E-state index is 11.8. The van der Waals surface area contributed by atoms with Gasteiger partial charge >= 0.3 is 0 Å². The molecule has 0 aliphatic carbocycles. The van der Waals surface area contributed by atoms with Gasteiger partial charge in [-0.05, 0) is 19.1 Å². The number of aromatic nitrogens is 3. The first-order valence-electron chi connectivity index (χ1n) is 6.06. The molecule has 100 valence electrons. The van der Waals surface area contributed by atoms with Crippen molar-refractivity contribution in [3.8, 4) is 11.4 Å². The fraction of sp³-hybridized carbons (Fsp3) is 0.308. The quantitative estimate of drug-likeness (QED) is 0.862. The molecule has 1 heterocycles. The lowest BCUT2D eigenvalue weighted by Crippen LogP contribution is -2.24. The molecule has 0 saturated heterocycles. The Morgan fingerprint density at radius 2 is 2.21 bits per heavy atom. The average Bonchev–Trinajstić information content (AvgIpc) is 2.75. The van der Waals surface area contributed by atoms with Gasteiger partial charge in [0.1, 0.15) is 6.33 Å². The van der Waals surface area contributed by atoms with Gasteiger partial charge in [0.15, 0.2) is 5.82 Å². The van der Waals surface area contributed by atoms with Gasteiger partial charge in [0.25, 0.3) is 0 Å². The molecule has 0 saturated carbocycles. The number of aryl methyl sites for hydroxylation is 1. The summed E-state index contributed by atoms with van der Waals surface area (Å²) in [6, 6.07) is 7.32. The third-order valence-corrected chi connectivity index (χ3v) is 2.66. The molecule has 1 atom stereocenters. The van der Waals surface area contributed by atoms with E-state index in [-0.39, 0.29) is 18.4 Å². The van der Waals surface area contributed by atoms with Crippen molar-refractivity contribution in [1.29, 1.82) is 0 Å². The van der Waals surface area contributed by atoms with E-state index in [2.05, 4.69) is 15.5 Å². The van der Waals surface area contributed by atoms with Crippen molar-refractivity contribution in [2.75, 3.05) is 5.32 Å². The minimum atomic E-state index is -0.165. The van der Waals surface area contributed by atoms with Gasteiger partial charge in [-0.1, -0.05) is 12.1 Å². The van der Waals surface area contributed by atoms with Crippen molar-refractivity contribution in [2.45, 2.75) is 19.4 Å². The fourth-order valence-electron chi connectivity index (χ4n) is 1.81. The van der Waals surface area contributed by atoms with Crippen LogP contribution in [0.2, 0.25) is 0 Å². The summed E-state index contributed by atoms with van der Waals surface area (Å²) in [4.78, 5) is 11.8. The molecule has 0 bridgehead atoms. The van der Waals surface area contributed by atoms with Gasteiger partial charge < -0.3 is 15.6 Å². The van der Waals surface area contributed by atoms with Crippen molar-refractivity contribution < 1.29 is 4.79 Å². The van der Waals surface area contributed by atoms with Crippen LogP contribution in [0.25, 0.3) is 11.4 Å². The Labute approximate surface area is 111 Å². The van der Waals surface area contributed by atoms with E-state index >= 15 is 0 Å². The summed E-state index contributed by atoms with van der Waals surface area (Å²) in [5.74, 6) is 0.598. The normalized spacial score (nSPS) is 12.2. The summed E-state index contributed by atoms with van der Waals surface area (Å²) in [6.45, 7) is 1.80. The van der Waals surface area contributed by atoms with E-state index in [0.29, 0.717) is 11.5 Å². The molecule has 0 aliphatic rings. The second kappa shape index (κ2) is 5.62. The van der Waals surface area contributed by atoms with Crippen LogP contribution in [-0.4, -0.2) is 26.7 Å².